The van der Waals surface area contributed by atoms with Crippen LogP contribution in [0.15, 0.2) is 30.3 Å². The summed E-state index contributed by atoms with van der Waals surface area (Å²) in [5.41, 5.74) is 1.47. The normalized spacial score (nSPS) is 38.2. The molecule has 0 spiro atoms. The quantitative estimate of drug-likeness (QED) is 0.757. The molecule has 96 valence electrons. The first-order valence-electron chi connectivity index (χ1n) is 7.30. The molecular weight excluding hydrogens is 222 g/mol. The summed E-state index contributed by atoms with van der Waals surface area (Å²) >= 11 is 0. The fourth-order valence-electron chi connectivity index (χ4n) is 3.88. The van der Waals surface area contributed by atoms with E-state index in [0.29, 0.717) is 12.2 Å². The van der Waals surface area contributed by atoms with Crippen molar-refractivity contribution in [1.29, 1.82) is 0 Å². The van der Waals surface area contributed by atoms with Crippen LogP contribution in [-0.2, 0) is 11.2 Å². The van der Waals surface area contributed by atoms with E-state index >= 15 is 0 Å². The molecule has 0 bridgehead atoms. The molecule has 0 aromatic heterocycles. The molecular formula is C16H21NO. The van der Waals surface area contributed by atoms with E-state index in [9.17, 15) is 0 Å². The molecule has 0 N–H and O–H groups in total. The number of epoxide rings is 1. The summed E-state index contributed by atoms with van der Waals surface area (Å²) in [6, 6.07) is 10.9. The van der Waals surface area contributed by atoms with E-state index in [0.717, 1.165) is 11.8 Å². The third kappa shape index (κ3) is 2.08. The Hall–Kier alpha value is -0.860. The maximum Gasteiger partial charge on any atom is 0.0845 e. The highest BCUT2D eigenvalue weighted by Crippen LogP contribution is 2.45. The molecule has 3 fully saturated rings. The molecule has 3 aliphatic rings. The second-order valence-electron chi connectivity index (χ2n) is 6.20. The van der Waals surface area contributed by atoms with Crippen molar-refractivity contribution in [3.05, 3.63) is 35.9 Å². The highest BCUT2D eigenvalue weighted by molar-refractivity contribution is 5.15. The van der Waals surface area contributed by atoms with Crippen molar-refractivity contribution in [3.8, 4) is 0 Å². The minimum Gasteiger partial charge on any atom is -0.370 e. The van der Waals surface area contributed by atoms with Gasteiger partial charge in [-0.25, -0.2) is 0 Å². The van der Waals surface area contributed by atoms with Crippen molar-refractivity contribution in [2.24, 2.45) is 11.8 Å². The highest BCUT2D eigenvalue weighted by atomic mass is 16.6. The summed E-state index contributed by atoms with van der Waals surface area (Å²) in [7, 11) is 0. The van der Waals surface area contributed by atoms with Crippen LogP contribution in [0.25, 0.3) is 0 Å². The maximum atomic E-state index is 5.66. The van der Waals surface area contributed by atoms with E-state index in [2.05, 4.69) is 35.2 Å². The Balaban J connectivity index is 1.32. The number of benzene rings is 1. The van der Waals surface area contributed by atoms with Crippen LogP contribution in [0.5, 0.6) is 0 Å². The first-order chi connectivity index (χ1) is 8.88. The van der Waals surface area contributed by atoms with E-state index in [1.165, 1.54) is 44.5 Å². The molecule has 18 heavy (non-hydrogen) atoms. The monoisotopic (exact) mass is 243 g/mol. The van der Waals surface area contributed by atoms with Gasteiger partial charge in [0.1, 0.15) is 0 Å². The molecule has 1 aliphatic carbocycles. The van der Waals surface area contributed by atoms with E-state index in [1.54, 1.807) is 0 Å². The lowest BCUT2D eigenvalue weighted by Gasteiger charge is -2.19. The fraction of sp³-hybridized carbons (Fsp3) is 0.625. The largest absolute Gasteiger partial charge is 0.370 e. The van der Waals surface area contributed by atoms with Gasteiger partial charge < -0.3 is 9.64 Å². The standard InChI is InChI=1S/C16H21NO/c1-2-4-12(5-3-1)6-7-17-10-13-8-15-16(18-15)9-14(13)11-17/h1-5,13-16H,6-11H2/t13?,14?,15-,16+. The van der Waals surface area contributed by atoms with Crippen LogP contribution < -0.4 is 0 Å². The predicted octanol–water partition coefficient (Wildman–Crippen LogP) is 2.34. The maximum absolute atomic E-state index is 5.66. The predicted molar refractivity (Wildman–Crippen MR) is 71.5 cm³/mol. The lowest BCUT2D eigenvalue weighted by atomic mass is 9.82. The van der Waals surface area contributed by atoms with Crippen LogP contribution in [0.1, 0.15) is 18.4 Å². The molecule has 1 saturated carbocycles. The SMILES string of the molecule is c1ccc(CCN2CC3C[C@@H]4O[C@@H]4CC3C2)cc1. The molecule has 2 saturated heterocycles. The van der Waals surface area contributed by atoms with Gasteiger partial charge >= 0.3 is 0 Å². The van der Waals surface area contributed by atoms with Gasteiger partial charge in [-0.05, 0) is 36.7 Å². The molecule has 2 heteroatoms. The number of likely N-dealkylation sites (tertiary alicyclic amines) is 1. The molecule has 2 heterocycles. The second-order valence-corrected chi connectivity index (χ2v) is 6.20. The smallest absolute Gasteiger partial charge is 0.0845 e. The summed E-state index contributed by atoms with van der Waals surface area (Å²) < 4.78 is 5.66. The van der Waals surface area contributed by atoms with Crippen LogP contribution in [0, 0.1) is 11.8 Å². The van der Waals surface area contributed by atoms with Gasteiger partial charge in [0.15, 0.2) is 0 Å². The molecule has 1 aromatic rings. The third-order valence-electron chi connectivity index (χ3n) is 4.97. The van der Waals surface area contributed by atoms with E-state index in [-0.39, 0.29) is 0 Å². The van der Waals surface area contributed by atoms with Crippen molar-refractivity contribution < 1.29 is 4.74 Å². The van der Waals surface area contributed by atoms with Crippen molar-refractivity contribution in [2.75, 3.05) is 19.6 Å². The van der Waals surface area contributed by atoms with E-state index in [4.69, 9.17) is 4.74 Å². The molecule has 4 rings (SSSR count). The van der Waals surface area contributed by atoms with Crippen molar-refractivity contribution in [1.82, 2.24) is 4.90 Å². The van der Waals surface area contributed by atoms with Crippen LogP contribution in [0.3, 0.4) is 0 Å². The Labute approximate surface area is 109 Å². The van der Waals surface area contributed by atoms with Gasteiger partial charge in [-0.2, -0.15) is 0 Å². The van der Waals surface area contributed by atoms with Crippen LogP contribution in [0.4, 0.5) is 0 Å². The first kappa shape index (κ1) is 11.0. The Morgan fingerprint density at radius 3 is 2.33 bits per heavy atom. The molecule has 0 amide bonds. The van der Waals surface area contributed by atoms with Crippen LogP contribution >= 0.6 is 0 Å². The zero-order valence-electron chi connectivity index (χ0n) is 10.8. The lowest BCUT2D eigenvalue weighted by Crippen LogP contribution is -2.23. The molecule has 1 aromatic carbocycles. The highest BCUT2D eigenvalue weighted by Gasteiger charge is 2.50. The van der Waals surface area contributed by atoms with Gasteiger partial charge in [0.05, 0.1) is 12.2 Å². The van der Waals surface area contributed by atoms with Crippen LogP contribution in [-0.4, -0.2) is 36.7 Å². The molecule has 2 aliphatic heterocycles. The average Bonchev–Trinajstić information content (AvgIpc) is 3.04. The van der Waals surface area contributed by atoms with E-state index in [1.807, 2.05) is 0 Å². The van der Waals surface area contributed by atoms with Gasteiger partial charge in [-0.1, -0.05) is 30.3 Å². The Morgan fingerprint density at radius 2 is 1.67 bits per heavy atom. The Kier molecular flexibility index (Phi) is 2.66. The molecule has 4 atom stereocenters. The summed E-state index contributed by atoms with van der Waals surface area (Å²) in [6.45, 7) is 3.85. The van der Waals surface area contributed by atoms with Gasteiger partial charge in [0.2, 0.25) is 0 Å². The van der Waals surface area contributed by atoms with Gasteiger partial charge in [0.25, 0.3) is 0 Å². The number of rotatable bonds is 3. The van der Waals surface area contributed by atoms with Gasteiger partial charge in [-0.3, -0.25) is 0 Å². The van der Waals surface area contributed by atoms with Crippen LogP contribution in [0.2, 0.25) is 0 Å². The third-order valence-corrected chi connectivity index (χ3v) is 4.97. The number of ether oxygens (including phenoxy) is 1. The number of nitrogens with zero attached hydrogens (tertiary/aromatic N) is 1. The van der Waals surface area contributed by atoms with Crippen molar-refractivity contribution in [3.63, 3.8) is 0 Å². The van der Waals surface area contributed by atoms with Gasteiger partial charge in [0, 0.05) is 19.6 Å². The molecule has 2 nitrogen and oxygen atoms in total. The molecule has 2 unspecified atom stereocenters. The van der Waals surface area contributed by atoms with Crippen molar-refractivity contribution in [2.45, 2.75) is 31.5 Å². The summed E-state index contributed by atoms with van der Waals surface area (Å²) in [4.78, 5) is 2.67. The topological polar surface area (TPSA) is 15.8 Å². The van der Waals surface area contributed by atoms with Gasteiger partial charge in [-0.15, -0.1) is 0 Å². The lowest BCUT2D eigenvalue weighted by molar-refractivity contribution is 0.306. The summed E-state index contributed by atoms with van der Waals surface area (Å²) in [5, 5.41) is 0. The zero-order chi connectivity index (χ0) is 11.9. The zero-order valence-corrected chi connectivity index (χ0v) is 10.8. The first-order valence-corrected chi connectivity index (χ1v) is 7.30. The van der Waals surface area contributed by atoms with Crippen molar-refractivity contribution >= 4 is 0 Å². The number of hydrogen-bond donors (Lipinski definition) is 0. The Bertz CT molecular complexity index is 400. The number of hydrogen-bond acceptors (Lipinski definition) is 2. The van der Waals surface area contributed by atoms with E-state index < -0.39 is 0 Å². The Morgan fingerprint density at radius 1 is 1.00 bits per heavy atom. The molecule has 0 radical (unpaired) electrons. The average molecular weight is 243 g/mol. The fourth-order valence-corrected chi connectivity index (χ4v) is 3.88. The summed E-state index contributed by atoms with van der Waals surface area (Å²) in [6.07, 6.45) is 5.14. The minimum atomic E-state index is 0.639. The second kappa shape index (κ2) is 4.36. The number of fused-ring (bicyclic) bond motifs is 2. The minimum absolute atomic E-state index is 0.639. The summed E-state index contributed by atoms with van der Waals surface area (Å²) in [5.74, 6) is 1.84.